The summed E-state index contributed by atoms with van der Waals surface area (Å²) < 4.78 is 6.59. The van der Waals surface area contributed by atoms with E-state index in [2.05, 4.69) is 5.32 Å². The quantitative estimate of drug-likeness (QED) is 0.912. The van der Waals surface area contributed by atoms with Crippen molar-refractivity contribution in [3.05, 3.63) is 33.8 Å². The molecule has 0 aliphatic rings. The smallest absolute Gasteiger partial charge is 0.408 e. The van der Waals surface area contributed by atoms with E-state index < -0.39 is 5.76 Å². The summed E-state index contributed by atoms with van der Waals surface area (Å²) in [5.41, 5.74) is 1.09. The molecule has 1 heterocycles. The van der Waals surface area contributed by atoms with E-state index in [0.29, 0.717) is 16.1 Å². The maximum atomic E-state index is 11.9. The van der Waals surface area contributed by atoms with E-state index in [1.165, 1.54) is 4.57 Å². The standard InChI is InChI=1S/C14H18ClN3O3/c1-9(2)16-13(19)7-17(3)8-18-11-6-10(15)4-5-12(11)21-14(18)20/h4-6,9H,7-8H2,1-3H3,(H,16,19). The molecule has 0 unspecified atom stereocenters. The average Bonchev–Trinajstić information content (AvgIpc) is 2.65. The summed E-state index contributed by atoms with van der Waals surface area (Å²) in [6, 6.07) is 5.07. The van der Waals surface area contributed by atoms with Gasteiger partial charge in [-0.3, -0.25) is 14.3 Å². The van der Waals surface area contributed by atoms with Gasteiger partial charge in [0.15, 0.2) is 5.58 Å². The summed E-state index contributed by atoms with van der Waals surface area (Å²) in [6.07, 6.45) is 0. The molecule has 1 amide bonds. The van der Waals surface area contributed by atoms with Gasteiger partial charge in [-0.15, -0.1) is 0 Å². The minimum Gasteiger partial charge on any atom is -0.408 e. The lowest BCUT2D eigenvalue weighted by molar-refractivity contribution is -0.122. The molecule has 0 saturated carbocycles. The van der Waals surface area contributed by atoms with E-state index in [1.807, 2.05) is 13.8 Å². The van der Waals surface area contributed by atoms with E-state index in [4.69, 9.17) is 16.0 Å². The average molecular weight is 312 g/mol. The van der Waals surface area contributed by atoms with Crippen molar-refractivity contribution in [2.24, 2.45) is 0 Å². The maximum absolute atomic E-state index is 11.9. The van der Waals surface area contributed by atoms with Crippen LogP contribution < -0.4 is 11.1 Å². The van der Waals surface area contributed by atoms with Crippen LogP contribution in [0.25, 0.3) is 11.1 Å². The molecule has 0 aliphatic carbocycles. The molecule has 1 N–H and O–H groups in total. The fourth-order valence-corrected chi connectivity index (χ4v) is 2.24. The van der Waals surface area contributed by atoms with Crippen LogP contribution in [0, 0.1) is 0 Å². The number of hydrogen-bond acceptors (Lipinski definition) is 4. The molecule has 1 aromatic carbocycles. The number of fused-ring (bicyclic) bond motifs is 1. The van der Waals surface area contributed by atoms with Crippen molar-refractivity contribution in [2.75, 3.05) is 13.6 Å². The second-order valence-electron chi connectivity index (χ2n) is 5.29. The van der Waals surface area contributed by atoms with Crippen LogP contribution in [-0.2, 0) is 11.5 Å². The number of likely N-dealkylation sites (N-methyl/N-ethyl adjacent to an activating group) is 1. The van der Waals surface area contributed by atoms with E-state index >= 15 is 0 Å². The van der Waals surface area contributed by atoms with Crippen LogP contribution in [0.2, 0.25) is 5.02 Å². The lowest BCUT2D eigenvalue weighted by Crippen LogP contribution is -2.40. The molecule has 0 atom stereocenters. The van der Waals surface area contributed by atoms with Crippen LogP contribution >= 0.6 is 11.6 Å². The molecule has 7 heteroatoms. The van der Waals surface area contributed by atoms with Gasteiger partial charge >= 0.3 is 5.76 Å². The fourth-order valence-electron chi connectivity index (χ4n) is 2.07. The van der Waals surface area contributed by atoms with Gasteiger partial charge in [0, 0.05) is 11.1 Å². The van der Waals surface area contributed by atoms with E-state index in [9.17, 15) is 9.59 Å². The number of hydrogen-bond donors (Lipinski definition) is 1. The molecule has 1 aromatic heterocycles. The third kappa shape index (κ3) is 3.86. The van der Waals surface area contributed by atoms with Crippen LogP contribution in [0.15, 0.2) is 27.4 Å². The molecule has 21 heavy (non-hydrogen) atoms. The first kappa shape index (κ1) is 15.6. The Kier molecular flexibility index (Phi) is 4.69. The number of amides is 1. The highest BCUT2D eigenvalue weighted by Crippen LogP contribution is 2.18. The van der Waals surface area contributed by atoms with Crippen LogP contribution in [0.3, 0.4) is 0 Å². The number of halogens is 1. The lowest BCUT2D eigenvalue weighted by Gasteiger charge is -2.17. The SMILES string of the molecule is CC(C)NC(=O)CN(C)Cn1c(=O)oc2ccc(Cl)cc21. The molecule has 0 saturated heterocycles. The summed E-state index contributed by atoms with van der Waals surface area (Å²) in [4.78, 5) is 25.3. The molecule has 2 rings (SSSR count). The normalized spacial score (nSPS) is 11.5. The number of carbonyl (C=O) groups is 1. The Bertz CT molecular complexity index is 705. The zero-order chi connectivity index (χ0) is 15.6. The number of oxazole rings is 1. The van der Waals surface area contributed by atoms with Crippen LogP contribution in [0.4, 0.5) is 0 Å². The second kappa shape index (κ2) is 6.32. The van der Waals surface area contributed by atoms with E-state index in [1.54, 1.807) is 30.1 Å². The molecule has 0 spiro atoms. The molecule has 0 radical (unpaired) electrons. The van der Waals surface area contributed by atoms with Gasteiger partial charge in [0.25, 0.3) is 0 Å². The highest BCUT2D eigenvalue weighted by atomic mass is 35.5. The van der Waals surface area contributed by atoms with Crippen molar-refractivity contribution in [1.82, 2.24) is 14.8 Å². The van der Waals surface area contributed by atoms with Crippen molar-refractivity contribution in [1.29, 1.82) is 0 Å². The molecule has 0 fully saturated rings. The van der Waals surface area contributed by atoms with E-state index in [-0.39, 0.29) is 25.2 Å². The first-order chi connectivity index (χ1) is 9.86. The molecule has 0 aliphatic heterocycles. The van der Waals surface area contributed by atoms with Gasteiger partial charge in [0.05, 0.1) is 18.7 Å². The third-order valence-electron chi connectivity index (χ3n) is 2.88. The molecule has 6 nitrogen and oxygen atoms in total. The Morgan fingerprint density at radius 1 is 1.48 bits per heavy atom. The highest BCUT2D eigenvalue weighted by molar-refractivity contribution is 6.31. The van der Waals surface area contributed by atoms with Gasteiger partial charge in [-0.05, 0) is 39.1 Å². The number of benzene rings is 1. The molecule has 2 aromatic rings. The fraction of sp³-hybridized carbons (Fsp3) is 0.429. The Morgan fingerprint density at radius 3 is 2.86 bits per heavy atom. The minimum atomic E-state index is -0.469. The summed E-state index contributed by atoms with van der Waals surface area (Å²) in [5.74, 6) is -0.560. The predicted octanol–water partition coefficient (Wildman–Crippen LogP) is 1.66. The van der Waals surface area contributed by atoms with Crippen molar-refractivity contribution in [3.63, 3.8) is 0 Å². The molecular formula is C14H18ClN3O3. The van der Waals surface area contributed by atoms with Crippen LogP contribution in [0.1, 0.15) is 13.8 Å². The zero-order valence-corrected chi connectivity index (χ0v) is 13.0. The first-order valence-corrected chi connectivity index (χ1v) is 7.01. The Balaban J connectivity index is 2.16. The summed E-state index contributed by atoms with van der Waals surface area (Å²) in [5, 5.41) is 3.33. The van der Waals surface area contributed by atoms with Crippen molar-refractivity contribution < 1.29 is 9.21 Å². The summed E-state index contributed by atoms with van der Waals surface area (Å²) in [6.45, 7) is 4.23. The Labute approximate surface area is 127 Å². The van der Waals surface area contributed by atoms with Gasteiger partial charge < -0.3 is 9.73 Å². The van der Waals surface area contributed by atoms with Gasteiger partial charge in [-0.1, -0.05) is 11.6 Å². The zero-order valence-electron chi connectivity index (χ0n) is 12.2. The van der Waals surface area contributed by atoms with Gasteiger partial charge in [0.1, 0.15) is 0 Å². The number of carbonyl (C=O) groups excluding carboxylic acids is 1. The van der Waals surface area contributed by atoms with Crippen LogP contribution in [0.5, 0.6) is 0 Å². The Hall–Kier alpha value is -1.79. The summed E-state index contributed by atoms with van der Waals surface area (Å²) >= 11 is 5.94. The summed E-state index contributed by atoms with van der Waals surface area (Å²) in [7, 11) is 1.76. The number of rotatable bonds is 5. The van der Waals surface area contributed by atoms with E-state index in [0.717, 1.165) is 0 Å². The van der Waals surface area contributed by atoms with Crippen molar-refractivity contribution >= 4 is 28.6 Å². The number of aromatic nitrogens is 1. The molecule has 0 bridgehead atoms. The van der Waals surface area contributed by atoms with Gasteiger partial charge in [0.2, 0.25) is 5.91 Å². The monoisotopic (exact) mass is 311 g/mol. The minimum absolute atomic E-state index is 0.0854. The topological polar surface area (TPSA) is 67.5 Å². The second-order valence-corrected chi connectivity index (χ2v) is 5.72. The van der Waals surface area contributed by atoms with Gasteiger partial charge in [-0.2, -0.15) is 0 Å². The third-order valence-corrected chi connectivity index (χ3v) is 3.11. The first-order valence-electron chi connectivity index (χ1n) is 6.63. The van der Waals surface area contributed by atoms with Crippen molar-refractivity contribution in [2.45, 2.75) is 26.6 Å². The predicted molar refractivity (Wildman–Crippen MR) is 81.4 cm³/mol. The lowest BCUT2D eigenvalue weighted by atomic mass is 10.3. The van der Waals surface area contributed by atoms with Crippen LogP contribution in [-0.4, -0.2) is 35.0 Å². The maximum Gasteiger partial charge on any atom is 0.421 e. The van der Waals surface area contributed by atoms with Gasteiger partial charge in [-0.25, -0.2) is 4.79 Å². The molecule has 114 valence electrons. The number of nitrogens with zero attached hydrogens (tertiary/aromatic N) is 2. The highest BCUT2D eigenvalue weighted by Gasteiger charge is 2.13. The Morgan fingerprint density at radius 2 is 2.19 bits per heavy atom. The van der Waals surface area contributed by atoms with Crippen molar-refractivity contribution in [3.8, 4) is 0 Å². The molecular weight excluding hydrogens is 294 g/mol. The largest absolute Gasteiger partial charge is 0.421 e. The number of nitrogens with one attached hydrogen (secondary N) is 1.